The van der Waals surface area contributed by atoms with Crippen LogP contribution in [-0.4, -0.2) is 45.5 Å². The van der Waals surface area contributed by atoms with E-state index in [1.807, 2.05) is 67.5 Å². The van der Waals surface area contributed by atoms with Crippen molar-refractivity contribution in [2.45, 2.75) is 6.42 Å². The molecule has 28 heavy (non-hydrogen) atoms. The van der Waals surface area contributed by atoms with Gasteiger partial charge in [0.2, 0.25) is 0 Å². The normalized spacial score (nSPS) is 11.0. The number of methoxy groups -OCH3 is 2. The molecule has 0 unspecified atom stereocenters. The maximum Gasteiger partial charge on any atom is 0.340 e. The summed E-state index contributed by atoms with van der Waals surface area (Å²) >= 11 is 0. The highest BCUT2D eigenvalue weighted by molar-refractivity contribution is 6.07. The van der Waals surface area contributed by atoms with Gasteiger partial charge in [0.05, 0.1) is 31.8 Å². The van der Waals surface area contributed by atoms with Crippen LogP contribution in [-0.2, 0) is 11.2 Å². The van der Waals surface area contributed by atoms with Crippen molar-refractivity contribution >= 4 is 28.8 Å². The molecule has 5 heteroatoms. The average Bonchev–Trinajstić information content (AvgIpc) is 2.72. The maximum atomic E-state index is 12.5. The fraction of sp³-hybridized carbons (Fsp3) is 0.217. The Balaban J connectivity index is 2.17. The second-order valence-electron chi connectivity index (χ2n) is 6.70. The van der Waals surface area contributed by atoms with E-state index < -0.39 is 5.97 Å². The van der Waals surface area contributed by atoms with E-state index in [0.29, 0.717) is 17.7 Å². The van der Waals surface area contributed by atoms with Gasteiger partial charge in [-0.2, -0.15) is 0 Å². The molecule has 0 atom stereocenters. The van der Waals surface area contributed by atoms with E-state index in [9.17, 15) is 4.79 Å². The highest BCUT2D eigenvalue weighted by atomic mass is 16.5. The van der Waals surface area contributed by atoms with Crippen molar-refractivity contribution in [3.8, 4) is 5.75 Å². The Morgan fingerprint density at radius 2 is 1.71 bits per heavy atom. The minimum Gasteiger partial charge on any atom is -0.497 e. The molecule has 3 rings (SSSR count). The predicted molar refractivity (Wildman–Crippen MR) is 113 cm³/mol. The number of hydrogen-bond acceptors (Lipinski definition) is 4. The molecule has 0 aliphatic heterocycles. The van der Waals surface area contributed by atoms with Crippen molar-refractivity contribution in [2.75, 3.05) is 28.3 Å². The third kappa shape index (κ3) is 4.14. The van der Waals surface area contributed by atoms with Crippen LogP contribution in [0, 0.1) is 0 Å². The van der Waals surface area contributed by atoms with Gasteiger partial charge in [-0.1, -0.05) is 36.4 Å². The summed E-state index contributed by atoms with van der Waals surface area (Å²) < 4.78 is 10.3. The second kappa shape index (κ2) is 8.57. The zero-order valence-electron chi connectivity index (χ0n) is 16.6. The number of carbonyl (C=O) groups excluding carboxylic acids is 1. The lowest BCUT2D eigenvalue weighted by atomic mass is 9.94. The van der Waals surface area contributed by atoms with Gasteiger partial charge in [0, 0.05) is 19.5 Å². The zero-order valence-corrected chi connectivity index (χ0v) is 16.6. The summed E-state index contributed by atoms with van der Waals surface area (Å²) in [5, 5.41) is 1.99. The zero-order chi connectivity index (χ0) is 20.1. The fourth-order valence-corrected chi connectivity index (χ4v) is 3.12. The first-order valence-corrected chi connectivity index (χ1v) is 9.00. The molecule has 0 aliphatic carbocycles. The molecule has 0 aromatic heterocycles. The van der Waals surface area contributed by atoms with E-state index >= 15 is 0 Å². The van der Waals surface area contributed by atoms with Crippen molar-refractivity contribution < 1.29 is 14.3 Å². The van der Waals surface area contributed by atoms with Gasteiger partial charge in [-0.25, -0.2) is 9.79 Å². The van der Waals surface area contributed by atoms with Crippen LogP contribution in [0.4, 0.5) is 5.69 Å². The smallest absolute Gasteiger partial charge is 0.340 e. The molecule has 0 radical (unpaired) electrons. The number of fused-ring (bicyclic) bond motifs is 1. The Kier molecular flexibility index (Phi) is 5.94. The largest absolute Gasteiger partial charge is 0.497 e. The minimum atomic E-state index is -0.396. The topological polar surface area (TPSA) is 51.1 Å². The Labute approximate surface area is 165 Å². The molecular weight excluding hydrogens is 352 g/mol. The first-order valence-electron chi connectivity index (χ1n) is 9.00. The molecule has 3 aromatic rings. The molecule has 0 amide bonds. The van der Waals surface area contributed by atoms with Crippen LogP contribution in [0.1, 0.15) is 21.5 Å². The van der Waals surface area contributed by atoms with Crippen LogP contribution in [0.25, 0.3) is 10.8 Å². The monoisotopic (exact) mass is 376 g/mol. The number of esters is 1. The maximum absolute atomic E-state index is 12.5. The summed E-state index contributed by atoms with van der Waals surface area (Å²) in [4.78, 5) is 18.9. The first kappa shape index (κ1) is 19.4. The molecule has 0 saturated carbocycles. The molecule has 0 fully saturated rings. The molecule has 0 spiro atoms. The summed E-state index contributed by atoms with van der Waals surface area (Å²) in [7, 11) is 6.82. The van der Waals surface area contributed by atoms with Crippen LogP contribution < -0.4 is 4.74 Å². The van der Waals surface area contributed by atoms with E-state index in [0.717, 1.165) is 27.6 Å². The van der Waals surface area contributed by atoms with Crippen molar-refractivity contribution in [3.05, 3.63) is 71.3 Å². The number of carbonyl (C=O) groups is 1. The van der Waals surface area contributed by atoms with Crippen LogP contribution in [0.2, 0.25) is 0 Å². The fourth-order valence-electron chi connectivity index (χ4n) is 3.12. The summed E-state index contributed by atoms with van der Waals surface area (Å²) in [6.07, 6.45) is 2.38. The van der Waals surface area contributed by atoms with Crippen molar-refractivity contribution in [1.29, 1.82) is 0 Å². The van der Waals surface area contributed by atoms with Crippen LogP contribution >= 0.6 is 0 Å². The minimum absolute atomic E-state index is 0.396. The third-order valence-corrected chi connectivity index (χ3v) is 4.48. The van der Waals surface area contributed by atoms with Crippen LogP contribution in [0.3, 0.4) is 0 Å². The van der Waals surface area contributed by atoms with E-state index in [2.05, 4.69) is 11.1 Å². The molecule has 144 valence electrons. The molecule has 0 aliphatic rings. The van der Waals surface area contributed by atoms with Gasteiger partial charge in [0.15, 0.2) is 0 Å². The van der Waals surface area contributed by atoms with Crippen molar-refractivity contribution in [1.82, 2.24) is 4.90 Å². The van der Waals surface area contributed by atoms with Gasteiger partial charge < -0.3 is 14.4 Å². The van der Waals surface area contributed by atoms with Gasteiger partial charge in [-0.15, -0.1) is 0 Å². The molecule has 0 N–H and O–H groups in total. The van der Waals surface area contributed by atoms with E-state index in [-0.39, 0.29) is 0 Å². The number of benzene rings is 3. The third-order valence-electron chi connectivity index (χ3n) is 4.48. The van der Waals surface area contributed by atoms with Gasteiger partial charge in [0.1, 0.15) is 5.75 Å². The number of ether oxygens (including phenoxy) is 2. The van der Waals surface area contributed by atoms with Crippen LogP contribution in [0.15, 0.2) is 59.6 Å². The highest BCUT2D eigenvalue weighted by Gasteiger charge is 2.18. The quantitative estimate of drug-likeness (QED) is 0.362. The number of nitrogens with zero attached hydrogens (tertiary/aromatic N) is 2. The summed E-state index contributed by atoms with van der Waals surface area (Å²) in [6, 6.07) is 17.8. The summed E-state index contributed by atoms with van der Waals surface area (Å²) in [5.41, 5.74) is 3.26. The summed E-state index contributed by atoms with van der Waals surface area (Å²) in [5.74, 6) is 0.421. The van der Waals surface area contributed by atoms with Crippen molar-refractivity contribution in [2.24, 2.45) is 4.99 Å². The lowest BCUT2D eigenvalue weighted by Crippen LogP contribution is -2.08. The molecule has 0 heterocycles. The Morgan fingerprint density at radius 3 is 2.32 bits per heavy atom. The van der Waals surface area contributed by atoms with Gasteiger partial charge in [-0.05, 0) is 41.1 Å². The van der Waals surface area contributed by atoms with Gasteiger partial charge >= 0.3 is 5.97 Å². The lowest BCUT2D eigenvalue weighted by molar-refractivity contribution is 0.0602. The number of rotatable bonds is 6. The Morgan fingerprint density at radius 1 is 1.04 bits per heavy atom. The van der Waals surface area contributed by atoms with Gasteiger partial charge in [0.25, 0.3) is 0 Å². The van der Waals surface area contributed by atoms with Crippen molar-refractivity contribution in [3.63, 3.8) is 0 Å². The molecule has 3 aromatic carbocycles. The molecule has 0 saturated heterocycles. The first-order chi connectivity index (χ1) is 13.5. The molecule has 0 bridgehead atoms. The average molecular weight is 376 g/mol. The SMILES string of the molecule is COC(=O)c1cc(Cc2ccc(OC)cc2)c2ccccc2c1/N=C/N(C)C. The van der Waals surface area contributed by atoms with E-state index in [4.69, 9.17) is 9.47 Å². The van der Waals surface area contributed by atoms with E-state index in [1.54, 1.807) is 13.4 Å². The Hall–Kier alpha value is -3.34. The number of hydrogen-bond donors (Lipinski definition) is 0. The predicted octanol–water partition coefficient (Wildman–Crippen LogP) is 4.45. The molecular formula is C23H24N2O3. The second-order valence-corrected chi connectivity index (χ2v) is 6.70. The van der Waals surface area contributed by atoms with Gasteiger partial charge in [-0.3, -0.25) is 0 Å². The highest BCUT2D eigenvalue weighted by Crippen LogP contribution is 2.34. The van der Waals surface area contributed by atoms with Crippen LogP contribution in [0.5, 0.6) is 5.75 Å². The number of aliphatic imine (C=N–C) groups is 1. The standard InChI is InChI=1S/C23H24N2O3/c1-25(2)15-24-22-20-8-6-5-7-19(20)17(14-21(22)23(26)28-4)13-16-9-11-18(27-3)12-10-16/h5-12,14-15H,13H2,1-4H3/b24-15+. The lowest BCUT2D eigenvalue weighted by Gasteiger charge is -2.14. The molecule has 5 nitrogen and oxygen atoms in total. The van der Waals surface area contributed by atoms with E-state index in [1.165, 1.54) is 7.11 Å². The Bertz CT molecular complexity index is 1010. The summed E-state index contributed by atoms with van der Waals surface area (Å²) in [6.45, 7) is 0.